The summed E-state index contributed by atoms with van der Waals surface area (Å²) in [7, 11) is 2.92. The molecule has 100 valence electrons. The third kappa shape index (κ3) is 3.47. The number of rotatable bonds is 5. The molecular formula is C12H13N3O3S. The van der Waals surface area contributed by atoms with Gasteiger partial charge in [-0.3, -0.25) is 4.79 Å². The van der Waals surface area contributed by atoms with Gasteiger partial charge in [0, 0.05) is 17.9 Å². The zero-order valence-electron chi connectivity index (χ0n) is 10.6. The highest BCUT2D eigenvalue weighted by Crippen LogP contribution is 2.22. The summed E-state index contributed by atoms with van der Waals surface area (Å²) < 4.78 is 9.53. The second-order valence-corrected chi connectivity index (χ2v) is 4.54. The fraction of sp³-hybridized carbons (Fsp3) is 0.333. The quantitative estimate of drug-likeness (QED) is 0.776. The fourth-order valence-corrected chi connectivity index (χ4v) is 2.23. The number of carbonyl (C=O) groups excluding carboxylic acids is 1. The van der Waals surface area contributed by atoms with Crippen LogP contribution in [0.5, 0.6) is 5.88 Å². The second-order valence-electron chi connectivity index (χ2n) is 3.68. The van der Waals surface area contributed by atoms with Gasteiger partial charge in [-0.15, -0.1) is 21.5 Å². The predicted molar refractivity (Wildman–Crippen MR) is 70.0 cm³/mol. The molecule has 0 spiro atoms. The molecule has 6 nitrogen and oxygen atoms in total. The van der Waals surface area contributed by atoms with Crippen LogP contribution in [0.2, 0.25) is 0 Å². The van der Waals surface area contributed by atoms with Gasteiger partial charge in [0.1, 0.15) is 10.7 Å². The molecule has 0 N–H and O–H groups in total. The Morgan fingerprint density at radius 2 is 2.16 bits per heavy atom. The van der Waals surface area contributed by atoms with Gasteiger partial charge in [-0.2, -0.15) is 0 Å². The summed E-state index contributed by atoms with van der Waals surface area (Å²) in [5.41, 5.74) is 1.54. The maximum atomic E-state index is 11.0. The molecule has 2 aromatic rings. The minimum atomic E-state index is -0.237. The first kappa shape index (κ1) is 13.4. The molecule has 0 saturated heterocycles. The lowest BCUT2D eigenvalue weighted by molar-refractivity contribution is -0.140. The molecule has 0 radical (unpaired) electrons. The number of hydrogen-bond donors (Lipinski definition) is 0. The largest absolute Gasteiger partial charge is 0.480 e. The van der Waals surface area contributed by atoms with Crippen LogP contribution >= 0.6 is 11.3 Å². The van der Waals surface area contributed by atoms with Gasteiger partial charge in [0.15, 0.2) is 0 Å². The Morgan fingerprint density at radius 1 is 1.32 bits per heavy atom. The van der Waals surface area contributed by atoms with E-state index in [1.807, 2.05) is 5.38 Å². The van der Waals surface area contributed by atoms with E-state index in [9.17, 15) is 4.79 Å². The predicted octanol–water partition coefficient (Wildman–Crippen LogP) is 1.71. The summed E-state index contributed by atoms with van der Waals surface area (Å²) >= 11 is 1.47. The summed E-state index contributed by atoms with van der Waals surface area (Å²) in [6, 6.07) is 3.53. The van der Waals surface area contributed by atoms with Crippen LogP contribution in [0.25, 0.3) is 10.7 Å². The van der Waals surface area contributed by atoms with Crippen molar-refractivity contribution in [3.8, 4) is 16.6 Å². The number of nitrogens with zero attached hydrogens (tertiary/aromatic N) is 3. The van der Waals surface area contributed by atoms with Gasteiger partial charge in [-0.05, 0) is 6.07 Å². The lowest BCUT2D eigenvalue weighted by Crippen LogP contribution is -2.02. The first-order chi connectivity index (χ1) is 9.22. The highest BCUT2D eigenvalue weighted by Gasteiger charge is 2.09. The van der Waals surface area contributed by atoms with Crippen molar-refractivity contribution in [2.75, 3.05) is 14.2 Å². The summed E-state index contributed by atoms with van der Waals surface area (Å²) in [4.78, 5) is 15.5. The molecule has 0 saturated carbocycles. The lowest BCUT2D eigenvalue weighted by atomic mass is 10.2. The molecule has 0 amide bonds. The van der Waals surface area contributed by atoms with Gasteiger partial charge >= 0.3 is 5.97 Å². The van der Waals surface area contributed by atoms with Gasteiger partial charge in [0.2, 0.25) is 5.88 Å². The molecule has 0 unspecified atom stereocenters. The number of carbonyl (C=O) groups is 1. The number of esters is 1. The molecular weight excluding hydrogens is 266 g/mol. The Hall–Kier alpha value is -2.02. The highest BCUT2D eigenvalue weighted by atomic mass is 32.1. The smallest absolute Gasteiger partial charge is 0.305 e. The van der Waals surface area contributed by atoms with Crippen molar-refractivity contribution in [1.29, 1.82) is 0 Å². The second kappa shape index (κ2) is 6.24. The maximum absolute atomic E-state index is 11.0. The summed E-state index contributed by atoms with van der Waals surface area (Å²) in [5.74, 6) is 0.227. The Kier molecular flexibility index (Phi) is 4.40. The van der Waals surface area contributed by atoms with E-state index in [-0.39, 0.29) is 5.97 Å². The van der Waals surface area contributed by atoms with E-state index in [2.05, 4.69) is 19.9 Å². The van der Waals surface area contributed by atoms with E-state index in [0.29, 0.717) is 24.4 Å². The average Bonchev–Trinajstić information content (AvgIpc) is 2.93. The molecule has 0 aliphatic rings. The molecule has 0 bridgehead atoms. The molecule has 0 aliphatic carbocycles. The van der Waals surface area contributed by atoms with Crippen LogP contribution in [0.4, 0.5) is 0 Å². The maximum Gasteiger partial charge on any atom is 0.305 e. The van der Waals surface area contributed by atoms with Crippen molar-refractivity contribution in [3.63, 3.8) is 0 Å². The number of aromatic nitrogens is 3. The molecule has 7 heteroatoms. The van der Waals surface area contributed by atoms with Crippen molar-refractivity contribution >= 4 is 17.3 Å². The lowest BCUT2D eigenvalue weighted by Gasteiger charge is -1.98. The van der Waals surface area contributed by atoms with Gasteiger partial charge in [0.05, 0.1) is 26.3 Å². The Balaban J connectivity index is 2.05. The van der Waals surface area contributed by atoms with Crippen LogP contribution < -0.4 is 4.74 Å². The van der Waals surface area contributed by atoms with Crippen molar-refractivity contribution in [3.05, 3.63) is 23.2 Å². The SMILES string of the molecule is COC(=O)CCc1csc(-c2ccc(OC)nn2)n1. The van der Waals surface area contributed by atoms with E-state index in [1.165, 1.54) is 25.6 Å². The van der Waals surface area contributed by atoms with Crippen LogP contribution in [0.3, 0.4) is 0 Å². The van der Waals surface area contributed by atoms with Crippen LogP contribution in [0, 0.1) is 0 Å². The summed E-state index contributed by atoms with van der Waals surface area (Å²) in [6.45, 7) is 0. The van der Waals surface area contributed by atoms with Gasteiger partial charge in [0.25, 0.3) is 0 Å². The zero-order chi connectivity index (χ0) is 13.7. The van der Waals surface area contributed by atoms with Crippen LogP contribution in [0.1, 0.15) is 12.1 Å². The minimum Gasteiger partial charge on any atom is -0.480 e. The zero-order valence-corrected chi connectivity index (χ0v) is 11.4. The highest BCUT2D eigenvalue weighted by molar-refractivity contribution is 7.13. The third-order valence-electron chi connectivity index (χ3n) is 2.43. The van der Waals surface area contributed by atoms with Crippen molar-refractivity contribution in [2.24, 2.45) is 0 Å². The van der Waals surface area contributed by atoms with Gasteiger partial charge in [-0.1, -0.05) is 0 Å². The number of ether oxygens (including phenoxy) is 2. The molecule has 2 aromatic heterocycles. The van der Waals surface area contributed by atoms with E-state index < -0.39 is 0 Å². The first-order valence-corrected chi connectivity index (χ1v) is 6.50. The molecule has 19 heavy (non-hydrogen) atoms. The molecule has 2 heterocycles. The van der Waals surface area contributed by atoms with Crippen LogP contribution in [-0.4, -0.2) is 35.4 Å². The normalized spacial score (nSPS) is 10.2. The summed E-state index contributed by atoms with van der Waals surface area (Å²) in [6.07, 6.45) is 0.890. The topological polar surface area (TPSA) is 74.2 Å². The van der Waals surface area contributed by atoms with Crippen LogP contribution in [0.15, 0.2) is 17.5 Å². The van der Waals surface area contributed by atoms with Crippen molar-refractivity contribution in [2.45, 2.75) is 12.8 Å². The molecule has 2 rings (SSSR count). The fourth-order valence-electron chi connectivity index (χ4n) is 1.41. The number of thiazole rings is 1. The molecule has 0 fully saturated rings. The Morgan fingerprint density at radius 3 is 2.79 bits per heavy atom. The Labute approximate surface area is 114 Å². The average molecular weight is 279 g/mol. The Bertz CT molecular complexity index is 554. The standard InChI is InChI=1S/C12H13N3O3S/c1-17-10-5-4-9(14-15-10)12-13-8(7-19-12)3-6-11(16)18-2/h4-5,7H,3,6H2,1-2H3. The van der Waals surface area contributed by atoms with Crippen molar-refractivity contribution in [1.82, 2.24) is 15.2 Å². The number of methoxy groups -OCH3 is 2. The first-order valence-electron chi connectivity index (χ1n) is 5.62. The van der Waals surface area contributed by atoms with Gasteiger partial charge in [-0.25, -0.2) is 4.98 Å². The van der Waals surface area contributed by atoms with E-state index in [1.54, 1.807) is 12.1 Å². The molecule has 0 aliphatic heterocycles. The number of hydrogen-bond acceptors (Lipinski definition) is 7. The minimum absolute atomic E-state index is 0.237. The van der Waals surface area contributed by atoms with E-state index >= 15 is 0 Å². The van der Waals surface area contributed by atoms with E-state index in [4.69, 9.17) is 4.74 Å². The van der Waals surface area contributed by atoms with Crippen LogP contribution in [-0.2, 0) is 16.0 Å². The van der Waals surface area contributed by atoms with Crippen molar-refractivity contribution < 1.29 is 14.3 Å². The number of aryl methyl sites for hydroxylation is 1. The molecule has 0 aromatic carbocycles. The molecule has 0 atom stereocenters. The van der Waals surface area contributed by atoms with E-state index in [0.717, 1.165) is 10.7 Å². The van der Waals surface area contributed by atoms with Gasteiger partial charge < -0.3 is 9.47 Å². The summed E-state index contributed by atoms with van der Waals surface area (Å²) in [5, 5.41) is 10.6. The monoisotopic (exact) mass is 279 g/mol. The third-order valence-corrected chi connectivity index (χ3v) is 3.35.